The van der Waals surface area contributed by atoms with Crippen molar-refractivity contribution in [1.82, 2.24) is 0 Å². The van der Waals surface area contributed by atoms with E-state index in [-0.39, 0.29) is 50.9 Å². The van der Waals surface area contributed by atoms with Crippen LogP contribution in [-0.2, 0) is 80.6 Å². The average molecular weight is 1450 g/mol. The predicted octanol–water partition coefficient (Wildman–Crippen LogP) is 10.2. The standard InChI is InChI=1S/C81H72O25/c1-3-4-45-81-104-66-63(93-48(2)82)67(105-81)65(103-80-70(101-78(90)56-43-27-12-28-44-56)62(99-76(88)54-39-23-10-24-40-54)60(97-74(86)52-35-19-8-20-36-52)58(95-80)47-92-72(84)50-31-15-6-16-32-50)68(106-81)64(66)102-79-69(100-77(89)55-41-25-11-26-42-55)61(98-75(87)53-37-21-9-22-38-53)59(96-73(85)51-33-17-7-18-34-51)57(94-79)46-91-71(83)49-29-13-5-14-30-49/h5-44,57-70,79-80H,3-4,45-47H2,1-2H3/t57-,58-,59-,60-,61+,62+,63?,64+,65+,66+,67?,68?,69+,70+,79-,80-,81?/m1/s1. The zero-order valence-electron chi connectivity index (χ0n) is 57.1. The predicted molar refractivity (Wildman–Crippen MR) is 367 cm³/mol. The largest absolute Gasteiger partial charge is 0.459 e. The highest BCUT2D eigenvalue weighted by Gasteiger charge is 2.71. The number of unbranched alkanes of at least 4 members (excludes halogenated alkanes) is 1. The van der Waals surface area contributed by atoms with Gasteiger partial charge in [0.2, 0.25) is 0 Å². The van der Waals surface area contributed by atoms with Crippen LogP contribution in [0, 0.1) is 0 Å². The van der Waals surface area contributed by atoms with Gasteiger partial charge < -0.3 is 75.8 Å². The van der Waals surface area contributed by atoms with E-state index in [1.165, 1.54) is 97.1 Å². The van der Waals surface area contributed by atoms with Crippen molar-refractivity contribution in [3.05, 3.63) is 287 Å². The number of carbonyl (C=O) groups excluding carboxylic acids is 9. The van der Waals surface area contributed by atoms with Gasteiger partial charge in [0.05, 0.1) is 44.5 Å². The van der Waals surface area contributed by atoms with E-state index in [0.717, 1.165) is 6.92 Å². The van der Waals surface area contributed by atoms with Crippen molar-refractivity contribution < 1.29 is 119 Å². The summed E-state index contributed by atoms with van der Waals surface area (Å²) in [5, 5.41) is 0. The van der Waals surface area contributed by atoms with Gasteiger partial charge in [0.25, 0.3) is 5.97 Å². The van der Waals surface area contributed by atoms with E-state index in [2.05, 4.69) is 0 Å². The minimum absolute atomic E-state index is 0.00348. The van der Waals surface area contributed by atoms with Crippen LogP contribution >= 0.6 is 0 Å². The molecule has 8 aromatic rings. The van der Waals surface area contributed by atoms with Crippen molar-refractivity contribution in [3.8, 4) is 0 Å². The van der Waals surface area contributed by atoms with Gasteiger partial charge in [-0.2, -0.15) is 0 Å². The molecule has 6 aliphatic rings. The zero-order valence-corrected chi connectivity index (χ0v) is 57.1. The maximum absolute atomic E-state index is 14.9. The molecular formula is C81H72O25. The zero-order chi connectivity index (χ0) is 73.7. The Kier molecular flexibility index (Phi) is 23.2. The quantitative estimate of drug-likeness (QED) is 0.0359. The number of carbonyl (C=O) groups is 9. The van der Waals surface area contributed by atoms with Crippen LogP contribution in [-0.4, -0.2) is 171 Å². The van der Waals surface area contributed by atoms with Crippen molar-refractivity contribution in [1.29, 1.82) is 0 Å². The second-order valence-corrected chi connectivity index (χ2v) is 25.2. The second-order valence-electron chi connectivity index (χ2n) is 25.2. The first kappa shape index (κ1) is 73.0. The van der Waals surface area contributed by atoms with Crippen LogP contribution < -0.4 is 0 Å². The third kappa shape index (κ3) is 16.9. The molecule has 14 rings (SSSR count). The van der Waals surface area contributed by atoms with Gasteiger partial charge in [-0.1, -0.05) is 159 Å². The molecule has 546 valence electrons. The summed E-state index contributed by atoms with van der Waals surface area (Å²) in [5.41, 5.74) is 0.237. The summed E-state index contributed by atoms with van der Waals surface area (Å²) in [6.45, 7) is 1.51. The SMILES string of the molecule is CCCCC12OC3C(OC(C)=O)[C@H](O1)[C@H](O[C@H]1O[C@H](COC(=O)c4ccccc4)[C@@H](OC(=O)c4ccccc4)[C@H](OC(=O)c4ccccc4)[C@@H]1OC(=O)c1ccccc1)C(O2)[C@H]3O[C@H]1O[C@H](COC(=O)c2ccccc2)[C@@H](OC(=O)c2ccccc2)[C@H](OC(=O)c2ccccc2)[C@@H]1OC(=O)c1ccccc1. The van der Waals surface area contributed by atoms with Crippen molar-refractivity contribution in [2.24, 2.45) is 0 Å². The summed E-state index contributed by atoms with van der Waals surface area (Å²) < 4.78 is 105. The van der Waals surface area contributed by atoms with Crippen LogP contribution in [0.25, 0.3) is 0 Å². The Balaban J connectivity index is 0.947. The Morgan fingerprint density at radius 3 is 0.811 bits per heavy atom. The molecule has 8 aromatic carbocycles. The Morgan fingerprint density at radius 1 is 0.302 bits per heavy atom. The van der Waals surface area contributed by atoms with E-state index < -0.39 is 171 Å². The van der Waals surface area contributed by atoms with E-state index in [1.807, 2.05) is 6.92 Å². The van der Waals surface area contributed by atoms with E-state index in [4.69, 9.17) is 75.8 Å². The van der Waals surface area contributed by atoms with E-state index in [9.17, 15) is 43.2 Å². The summed E-state index contributed by atoms with van der Waals surface area (Å²) in [7, 11) is 0. The van der Waals surface area contributed by atoms with Gasteiger partial charge in [0, 0.05) is 13.3 Å². The number of esters is 9. The van der Waals surface area contributed by atoms with Crippen molar-refractivity contribution in [2.75, 3.05) is 13.2 Å². The fourth-order valence-electron chi connectivity index (χ4n) is 13.0. The lowest BCUT2D eigenvalue weighted by molar-refractivity contribution is -0.551. The fourth-order valence-corrected chi connectivity index (χ4v) is 13.0. The van der Waals surface area contributed by atoms with E-state index in [0.29, 0.717) is 12.8 Å². The molecule has 4 bridgehead atoms. The topological polar surface area (TPSA) is 301 Å². The Labute approximate surface area is 607 Å². The van der Waals surface area contributed by atoms with Gasteiger partial charge in [0.15, 0.2) is 55.3 Å². The van der Waals surface area contributed by atoms with Gasteiger partial charge in [-0.25, -0.2) is 38.4 Å². The number of benzene rings is 8. The first-order chi connectivity index (χ1) is 51.6. The smallest absolute Gasteiger partial charge is 0.338 e. The highest BCUT2D eigenvalue weighted by Crippen LogP contribution is 2.52. The lowest BCUT2D eigenvalue weighted by Gasteiger charge is -2.63. The number of hydrogen-bond acceptors (Lipinski definition) is 25. The van der Waals surface area contributed by atoms with Gasteiger partial charge in [-0.15, -0.1) is 0 Å². The number of rotatable bonds is 26. The fraction of sp³-hybridized carbons (Fsp3) is 0.296. The van der Waals surface area contributed by atoms with E-state index >= 15 is 0 Å². The molecule has 25 nitrogen and oxygen atoms in total. The molecule has 6 fully saturated rings. The molecule has 1 saturated carbocycles. The molecule has 0 spiro atoms. The molecule has 0 amide bonds. The summed E-state index contributed by atoms with van der Waals surface area (Å²) in [6.07, 6.45) is -27.5. The highest BCUT2D eigenvalue weighted by molar-refractivity contribution is 5.94. The minimum atomic E-state index is -2.05. The molecule has 0 radical (unpaired) electrons. The maximum Gasteiger partial charge on any atom is 0.338 e. The summed E-state index contributed by atoms with van der Waals surface area (Å²) in [5.74, 6) is -10.6. The van der Waals surface area contributed by atoms with Crippen LogP contribution in [0.2, 0.25) is 0 Å². The highest BCUT2D eigenvalue weighted by atomic mass is 16.9. The first-order valence-corrected chi connectivity index (χ1v) is 34.4. The third-order valence-corrected chi connectivity index (χ3v) is 18.1. The molecule has 0 N–H and O–H groups in total. The van der Waals surface area contributed by atoms with Crippen LogP contribution in [0.15, 0.2) is 243 Å². The molecule has 5 aliphatic heterocycles. The molecule has 25 heteroatoms. The molecule has 106 heavy (non-hydrogen) atoms. The molecule has 0 aromatic heterocycles. The molecule has 1 aliphatic carbocycles. The minimum Gasteiger partial charge on any atom is -0.459 e. The molecular weight excluding hydrogens is 1370 g/mol. The van der Waals surface area contributed by atoms with Gasteiger partial charge >= 0.3 is 53.7 Å². The van der Waals surface area contributed by atoms with Crippen molar-refractivity contribution in [3.63, 3.8) is 0 Å². The Bertz CT molecular complexity index is 4090. The summed E-state index contributed by atoms with van der Waals surface area (Å²) >= 11 is 0. The normalized spacial score (nSPS) is 26.8. The lowest BCUT2D eigenvalue weighted by atomic mass is 9.80. The van der Waals surface area contributed by atoms with Crippen LogP contribution in [0.1, 0.15) is 116 Å². The monoisotopic (exact) mass is 1440 g/mol. The molecule has 17 atom stereocenters. The third-order valence-electron chi connectivity index (χ3n) is 18.1. The number of hydrogen-bond donors (Lipinski definition) is 0. The summed E-state index contributed by atoms with van der Waals surface area (Å²) in [6, 6.07) is 62.2. The van der Waals surface area contributed by atoms with Crippen LogP contribution in [0.4, 0.5) is 0 Å². The van der Waals surface area contributed by atoms with Crippen molar-refractivity contribution >= 4 is 53.7 Å². The Morgan fingerprint density at radius 2 is 0.547 bits per heavy atom. The Hall–Kier alpha value is -11.3. The lowest BCUT2D eigenvalue weighted by Crippen LogP contribution is -2.81. The molecule has 5 saturated heterocycles. The van der Waals surface area contributed by atoms with Crippen LogP contribution in [0.3, 0.4) is 0 Å². The molecule has 5 heterocycles. The second kappa shape index (κ2) is 33.7. The van der Waals surface area contributed by atoms with Gasteiger partial charge in [-0.05, 0) is 103 Å². The van der Waals surface area contributed by atoms with Crippen LogP contribution in [0.5, 0.6) is 0 Å². The average Bonchev–Trinajstić information content (AvgIpc) is 0.676. The maximum atomic E-state index is 14.9. The van der Waals surface area contributed by atoms with Gasteiger partial charge in [-0.3, -0.25) is 4.79 Å². The number of ether oxygens (including phenoxy) is 16. The van der Waals surface area contributed by atoms with Gasteiger partial charge in [0.1, 0.15) is 55.9 Å². The summed E-state index contributed by atoms with van der Waals surface area (Å²) in [4.78, 5) is 130. The van der Waals surface area contributed by atoms with Crippen molar-refractivity contribution in [2.45, 2.75) is 137 Å². The first-order valence-electron chi connectivity index (χ1n) is 34.4. The molecule has 4 unspecified atom stereocenters. The van der Waals surface area contributed by atoms with E-state index in [1.54, 1.807) is 146 Å².